The maximum atomic E-state index is 12.2. The number of hydrogen-bond donors (Lipinski definition) is 2. The van der Waals surface area contributed by atoms with E-state index in [9.17, 15) is 16.8 Å². The molecule has 1 aromatic rings. The molecule has 6 nitrogen and oxygen atoms in total. The zero-order valence-electron chi connectivity index (χ0n) is 10.5. The molecule has 1 aliphatic rings. The van der Waals surface area contributed by atoms with E-state index in [-0.39, 0.29) is 40.3 Å². The number of hydrogen-bond acceptors (Lipinski definition) is 5. The minimum Gasteiger partial charge on any atom is -0.398 e. The van der Waals surface area contributed by atoms with Crippen LogP contribution < -0.4 is 10.5 Å². The van der Waals surface area contributed by atoms with Crippen molar-refractivity contribution in [3.63, 3.8) is 0 Å². The molecule has 0 radical (unpaired) electrons. The molecule has 0 aromatic heterocycles. The highest BCUT2D eigenvalue weighted by molar-refractivity contribution is 7.91. The van der Waals surface area contributed by atoms with Crippen LogP contribution in [0.2, 0.25) is 5.02 Å². The first-order valence-electron chi connectivity index (χ1n) is 5.97. The van der Waals surface area contributed by atoms with Crippen molar-refractivity contribution in [3.05, 3.63) is 23.2 Å². The van der Waals surface area contributed by atoms with Crippen molar-refractivity contribution in [1.82, 2.24) is 4.72 Å². The molecule has 9 heteroatoms. The van der Waals surface area contributed by atoms with Crippen LogP contribution in [-0.4, -0.2) is 34.4 Å². The highest BCUT2D eigenvalue weighted by atomic mass is 35.5. The lowest BCUT2D eigenvalue weighted by atomic mass is 10.2. The summed E-state index contributed by atoms with van der Waals surface area (Å²) in [6.45, 7) is 0. The molecule has 2 rings (SSSR count). The predicted octanol–water partition coefficient (Wildman–Crippen LogP) is 0.778. The molecule has 1 aromatic carbocycles. The molecule has 1 heterocycles. The first-order valence-corrected chi connectivity index (χ1v) is 9.66. The number of rotatable bonds is 3. The van der Waals surface area contributed by atoms with E-state index in [1.54, 1.807) is 0 Å². The summed E-state index contributed by atoms with van der Waals surface area (Å²) in [5, 5.41) is 0.166. The van der Waals surface area contributed by atoms with Crippen molar-refractivity contribution in [2.75, 3.05) is 17.2 Å². The van der Waals surface area contributed by atoms with Gasteiger partial charge in [-0.2, -0.15) is 0 Å². The molecule has 0 unspecified atom stereocenters. The summed E-state index contributed by atoms with van der Waals surface area (Å²) < 4.78 is 49.4. The molecule has 1 aliphatic heterocycles. The number of nitrogen functional groups attached to an aromatic ring is 1. The van der Waals surface area contributed by atoms with Crippen molar-refractivity contribution < 1.29 is 16.8 Å². The molecule has 1 saturated heterocycles. The third-order valence-electron chi connectivity index (χ3n) is 3.16. The number of nitrogens with one attached hydrogen (secondary N) is 1. The maximum Gasteiger partial charge on any atom is 0.240 e. The Labute approximate surface area is 123 Å². The Morgan fingerprint density at radius 3 is 2.40 bits per heavy atom. The van der Waals surface area contributed by atoms with Crippen molar-refractivity contribution >= 4 is 37.1 Å². The zero-order chi connectivity index (χ0) is 15.0. The van der Waals surface area contributed by atoms with E-state index in [2.05, 4.69) is 4.72 Å². The fourth-order valence-corrected chi connectivity index (χ4v) is 5.04. The van der Waals surface area contributed by atoms with Gasteiger partial charge >= 0.3 is 0 Å². The Balaban J connectivity index is 2.13. The number of halogens is 1. The van der Waals surface area contributed by atoms with Gasteiger partial charge in [-0.25, -0.2) is 21.6 Å². The third kappa shape index (κ3) is 3.63. The minimum absolute atomic E-state index is 0.00266. The van der Waals surface area contributed by atoms with E-state index in [1.807, 2.05) is 0 Å². The van der Waals surface area contributed by atoms with Crippen LogP contribution in [0, 0.1) is 0 Å². The van der Waals surface area contributed by atoms with Gasteiger partial charge in [0.25, 0.3) is 0 Å². The number of benzene rings is 1. The van der Waals surface area contributed by atoms with E-state index in [0.29, 0.717) is 5.69 Å². The Kier molecular flexibility index (Phi) is 4.29. The number of sulfonamides is 1. The maximum absolute atomic E-state index is 12.2. The highest BCUT2D eigenvalue weighted by Crippen LogP contribution is 2.23. The molecule has 0 aliphatic carbocycles. The summed E-state index contributed by atoms with van der Waals surface area (Å²) in [6.07, 6.45) is 0.564. The van der Waals surface area contributed by atoms with Crippen molar-refractivity contribution in [1.29, 1.82) is 0 Å². The Morgan fingerprint density at radius 2 is 1.85 bits per heavy atom. The lowest BCUT2D eigenvalue weighted by molar-refractivity contribution is 0.505. The molecule has 0 spiro atoms. The first-order chi connectivity index (χ1) is 9.20. The van der Waals surface area contributed by atoms with Crippen LogP contribution in [-0.2, 0) is 19.9 Å². The standard InChI is InChI=1S/C11H15ClN2O4S2/c12-10-7-9(1-2-11(10)13)20(17,18)14-8-3-5-19(15,16)6-4-8/h1-2,7-8,14H,3-6,13H2. The molecular weight excluding hydrogens is 324 g/mol. The van der Waals surface area contributed by atoms with E-state index >= 15 is 0 Å². The molecule has 0 saturated carbocycles. The van der Waals surface area contributed by atoms with E-state index in [4.69, 9.17) is 17.3 Å². The van der Waals surface area contributed by atoms with Crippen LogP contribution in [0.5, 0.6) is 0 Å². The van der Waals surface area contributed by atoms with E-state index in [1.165, 1.54) is 18.2 Å². The predicted molar refractivity (Wildman–Crippen MR) is 77.9 cm³/mol. The van der Waals surface area contributed by atoms with Gasteiger partial charge in [-0.1, -0.05) is 11.6 Å². The van der Waals surface area contributed by atoms with Crippen LogP contribution in [0.15, 0.2) is 23.1 Å². The summed E-state index contributed by atoms with van der Waals surface area (Å²) in [6, 6.07) is 3.68. The van der Waals surface area contributed by atoms with Crippen LogP contribution in [0.25, 0.3) is 0 Å². The average molecular weight is 339 g/mol. The third-order valence-corrected chi connectivity index (χ3v) is 6.72. The second kappa shape index (κ2) is 5.51. The lowest BCUT2D eigenvalue weighted by Gasteiger charge is -2.22. The van der Waals surface area contributed by atoms with Gasteiger partial charge in [-0.15, -0.1) is 0 Å². The zero-order valence-corrected chi connectivity index (χ0v) is 12.9. The number of anilines is 1. The lowest BCUT2D eigenvalue weighted by Crippen LogP contribution is -2.40. The molecule has 112 valence electrons. The molecule has 20 heavy (non-hydrogen) atoms. The van der Waals surface area contributed by atoms with E-state index < -0.39 is 19.9 Å². The molecule has 0 amide bonds. The van der Waals surface area contributed by atoms with E-state index in [0.717, 1.165) is 0 Å². The Hall–Kier alpha value is -0.830. The normalized spacial score (nSPS) is 19.9. The summed E-state index contributed by atoms with van der Waals surface area (Å²) in [4.78, 5) is 0.0186. The Morgan fingerprint density at radius 1 is 1.25 bits per heavy atom. The molecule has 0 atom stereocenters. The average Bonchev–Trinajstić information content (AvgIpc) is 2.35. The molecule has 3 N–H and O–H groups in total. The van der Waals surface area contributed by atoms with Gasteiger partial charge in [0.15, 0.2) is 0 Å². The van der Waals surface area contributed by atoms with Gasteiger partial charge in [-0.05, 0) is 31.0 Å². The van der Waals surface area contributed by atoms with Crippen LogP contribution in [0.3, 0.4) is 0 Å². The van der Waals surface area contributed by atoms with Gasteiger partial charge in [0.1, 0.15) is 9.84 Å². The monoisotopic (exact) mass is 338 g/mol. The van der Waals surface area contributed by atoms with Gasteiger partial charge in [0, 0.05) is 6.04 Å². The van der Waals surface area contributed by atoms with Crippen molar-refractivity contribution in [2.24, 2.45) is 0 Å². The molecule has 1 fully saturated rings. The number of nitrogens with two attached hydrogens (primary N) is 1. The summed E-state index contributed by atoms with van der Waals surface area (Å²) in [5.41, 5.74) is 5.83. The fourth-order valence-electron chi connectivity index (χ4n) is 1.97. The van der Waals surface area contributed by atoms with Gasteiger partial charge < -0.3 is 5.73 Å². The van der Waals surface area contributed by atoms with Crippen LogP contribution in [0.1, 0.15) is 12.8 Å². The summed E-state index contributed by atoms with van der Waals surface area (Å²) in [7, 11) is -6.74. The molecule has 0 bridgehead atoms. The second-order valence-electron chi connectivity index (χ2n) is 4.73. The van der Waals surface area contributed by atoms with Crippen molar-refractivity contribution in [2.45, 2.75) is 23.8 Å². The van der Waals surface area contributed by atoms with Gasteiger partial charge in [0.05, 0.1) is 27.1 Å². The largest absolute Gasteiger partial charge is 0.398 e. The van der Waals surface area contributed by atoms with Crippen LogP contribution in [0.4, 0.5) is 5.69 Å². The smallest absolute Gasteiger partial charge is 0.240 e. The Bertz CT molecular complexity index is 702. The number of sulfone groups is 1. The summed E-state index contributed by atoms with van der Waals surface area (Å²) in [5.74, 6) is 0.00532. The quantitative estimate of drug-likeness (QED) is 0.792. The summed E-state index contributed by atoms with van der Waals surface area (Å²) >= 11 is 5.80. The first kappa shape index (κ1) is 15.6. The minimum atomic E-state index is -3.72. The van der Waals surface area contributed by atoms with Gasteiger partial charge in [-0.3, -0.25) is 0 Å². The highest BCUT2D eigenvalue weighted by Gasteiger charge is 2.27. The molecular formula is C11H15ClN2O4S2. The van der Waals surface area contributed by atoms with Crippen molar-refractivity contribution in [3.8, 4) is 0 Å². The second-order valence-corrected chi connectivity index (χ2v) is 9.16. The van der Waals surface area contributed by atoms with Crippen LogP contribution >= 0.6 is 11.6 Å². The topological polar surface area (TPSA) is 106 Å². The SMILES string of the molecule is Nc1ccc(S(=O)(=O)NC2CCS(=O)(=O)CC2)cc1Cl. The van der Waals surface area contributed by atoms with Gasteiger partial charge in [0.2, 0.25) is 10.0 Å². The fraction of sp³-hybridized carbons (Fsp3) is 0.455.